The van der Waals surface area contributed by atoms with Crippen molar-refractivity contribution in [2.24, 2.45) is 0 Å². The predicted molar refractivity (Wildman–Crippen MR) is 48.6 cm³/mol. The van der Waals surface area contributed by atoms with Crippen LogP contribution in [0.4, 0.5) is 13.2 Å². The van der Waals surface area contributed by atoms with Crippen molar-refractivity contribution < 1.29 is 22.4 Å². The molecule has 0 atom stereocenters. The lowest BCUT2D eigenvalue weighted by Crippen LogP contribution is -2.17. The van der Waals surface area contributed by atoms with Gasteiger partial charge in [-0.05, 0) is 12.1 Å². The average Bonchev–Trinajstić information content (AvgIpc) is 2.68. The number of nitrogens with zero attached hydrogens (tertiary/aromatic N) is 1. The SMILES string of the molecule is FC(F)(F)Oc1cccc(-c2ccno2)c1. The summed E-state index contributed by atoms with van der Waals surface area (Å²) in [5, 5.41) is 3.46. The largest absolute Gasteiger partial charge is 0.573 e. The maximum absolute atomic E-state index is 12.0. The third-order valence-electron chi connectivity index (χ3n) is 1.79. The Morgan fingerprint density at radius 2 is 2.00 bits per heavy atom. The van der Waals surface area contributed by atoms with Gasteiger partial charge in [-0.25, -0.2) is 0 Å². The first kappa shape index (κ1) is 10.5. The first-order valence-corrected chi connectivity index (χ1v) is 4.31. The van der Waals surface area contributed by atoms with Crippen molar-refractivity contribution in [1.29, 1.82) is 0 Å². The van der Waals surface area contributed by atoms with Gasteiger partial charge in [0.05, 0.1) is 6.20 Å². The van der Waals surface area contributed by atoms with Gasteiger partial charge in [0.2, 0.25) is 0 Å². The van der Waals surface area contributed by atoms with Crippen molar-refractivity contribution in [3.05, 3.63) is 36.5 Å². The molecule has 0 aliphatic rings. The highest BCUT2D eigenvalue weighted by molar-refractivity contribution is 5.58. The molecule has 6 heteroatoms. The molecule has 2 aromatic rings. The lowest BCUT2D eigenvalue weighted by molar-refractivity contribution is -0.274. The molecule has 0 aliphatic carbocycles. The topological polar surface area (TPSA) is 35.3 Å². The molecule has 0 aliphatic heterocycles. The number of hydrogen-bond donors (Lipinski definition) is 0. The van der Waals surface area contributed by atoms with Gasteiger partial charge >= 0.3 is 6.36 Å². The predicted octanol–water partition coefficient (Wildman–Crippen LogP) is 3.24. The van der Waals surface area contributed by atoms with Crippen LogP contribution in [0.5, 0.6) is 5.75 Å². The van der Waals surface area contributed by atoms with E-state index in [0.717, 1.165) is 0 Å². The van der Waals surface area contributed by atoms with E-state index in [2.05, 4.69) is 9.89 Å². The summed E-state index contributed by atoms with van der Waals surface area (Å²) in [7, 11) is 0. The van der Waals surface area contributed by atoms with Crippen LogP contribution in [-0.2, 0) is 0 Å². The summed E-state index contributed by atoms with van der Waals surface area (Å²) in [5.41, 5.74) is 0.472. The van der Waals surface area contributed by atoms with E-state index in [1.165, 1.54) is 24.4 Å². The summed E-state index contributed by atoms with van der Waals surface area (Å²) < 4.78 is 44.5. The Hall–Kier alpha value is -1.98. The second kappa shape index (κ2) is 3.88. The molecule has 0 bridgehead atoms. The molecule has 1 aromatic heterocycles. The van der Waals surface area contributed by atoms with E-state index in [0.29, 0.717) is 11.3 Å². The number of alkyl halides is 3. The van der Waals surface area contributed by atoms with E-state index in [1.807, 2.05) is 0 Å². The van der Waals surface area contributed by atoms with E-state index in [9.17, 15) is 13.2 Å². The Morgan fingerprint density at radius 1 is 1.19 bits per heavy atom. The summed E-state index contributed by atoms with van der Waals surface area (Å²) in [4.78, 5) is 0. The van der Waals surface area contributed by atoms with Crippen LogP contribution >= 0.6 is 0 Å². The molecule has 3 nitrogen and oxygen atoms in total. The van der Waals surface area contributed by atoms with Crippen LogP contribution in [0, 0.1) is 0 Å². The second-order valence-corrected chi connectivity index (χ2v) is 2.95. The summed E-state index contributed by atoms with van der Waals surface area (Å²) in [6.45, 7) is 0. The standard InChI is InChI=1S/C10H6F3NO2/c11-10(12,13)15-8-3-1-2-7(6-8)9-4-5-14-16-9/h1-6H. The van der Waals surface area contributed by atoms with Crippen LogP contribution in [0.1, 0.15) is 0 Å². The Kier molecular flexibility index (Phi) is 2.55. The minimum Gasteiger partial charge on any atom is -0.406 e. The first-order valence-electron chi connectivity index (χ1n) is 4.31. The Labute approximate surface area is 88.4 Å². The minimum atomic E-state index is -4.69. The Bertz CT molecular complexity index is 465. The zero-order valence-electron chi connectivity index (χ0n) is 7.86. The number of hydrogen-bond acceptors (Lipinski definition) is 3. The van der Waals surface area contributed by atoms with Crippen LogP contribution in [-0.4, -0.2) is 11.5 Å². The molecule has 1 aromatic carbocycles. The van der Waals surface area contributed by atoms with E-state index in [4.69, 9.17) is 4.52 Å². The van der Waals surface area contributed by atoms with Crippen LogP contribution < -0.4 is 4.74 Å². The molecule has 16 heavy (non-hydrogen) atoms. The number of benzene rings is 1. The number of aromatic nitrogens is 1. The molecule has 0 spiro atoms. The lowest BCUT2D eigenvalue weighted by atomic mass is 10.2. The highest BCUT2D eigenvalue weighted by atomic mass is 19.4. The van der Waals surface area contributed by atoms with Crippen molar-refractivity contribution >= 4 is 0 Å². The quantitative estimate of drug-likeness (QED) is 0.792. The number of ether oxygens (including phenoxy) is 1. The van der Waals surface area contributed by atoms with E-state index < -0.39 is 6.36 Å². The third kappa shape index (κ3) is 2.53. The summed E-state index contributed by atoms with van der Waals surface area (Å²) >= 11 is 0. The van der Waals surface area contributed by atoms with E-state index >= 15 is 0 Å². The van der Waals surface area contributed by atoms with Gasteiger partial charge in [-0.3, -0.25) is 0 Å². The molecule has 0 fully saturated rings. The molecule has 0 amide bonds. The maximum Gasteiger partial charge on any atom is 0.573 e. The monoisotopic (exact) mass is 229 g/mol. The molecule has 0 saturated carbocycles. The Morgan fingerprint density at radius 3 is 2.62 bits per heavy atom. The average molecular weight is 229 g/mol. The summed E-state index contributed by atoms with van der Waals surface area (Å²) in [5.74, 6) is 0.0917. The van der Waals surface area contributed by atoms with Crippen LogP contribution in [0.2, 0.25) is 0 Å². The third-order valence-corrected chi connectivity index (χ3v) is 1.79. The zero-order valence-corrected chi connectivity index (χ0v) is 7.86. The lowest BCUT2D eigenvalue weighted by Gasteiger charge is -2.08. The number of rotatable bonds is 2. The summed E-state index contributed by atoms with van der Waals surface area (Å²) in [6, 6.07) is 7.04. The Balaban J connectivity index is 2.27. The van der Waals surface area contributed by atoms with Crippen LogP contribution in [0.25, 0.3) is 11.3 Å². The fourth-order valence-corrected chi connectivity index (χ4v) is 1.21. The summed E-state index contributed by atoms with van der Waals surface area (Å²) in [6.07, 6.45) is -3.29. The van der Waals surface area contributed by atoms with Crippen molar-refractivity contribution in [1.82, 2.24) is 5.16 Å². The maximum atomic E-state index is 12.0. The van der Waals surface area contributed by atoms with Gasteiger partial charge in [-0.15, -0.1) is 13.2 Å². The van der Waals surface area contributed by atoms with Gasteiger partial charge in [-0.1, -0.05) is 17.3 Å². The van der Waals surface area contributed by atoms with Gasteiger partial charge in [0.15, 0.2) is 5.76 Å². The van der Waals surface area contributed by atoms with E-state index in [1.54, 1.807) is 12.1 Å². The molecular weight excluding hydrogens is 223 g/mol. The number of halogens is 3. The van der Waals surface area contributed by atoms with Gasteiger partial charge in [-0.2, -0.15) is 0 Å². The van der Waals surface area contributed by atoms with Crippen molar-refractivity contribution in [2.45, 2.75) is 6.36 Å². The fraction of sp³-hybridized carbons (Fsp3) is 0.100. The van der Waals surface area contributed by atoms with Crippen LogP contribution in [0.15, 0.2) is 41.1 Å². The minimum absolute atomic E-state index is 0.290. The molecule has 2 rings (SSSR count). The molecule has 0 N–H and O–H groups in total. The smallest absolute Gasteiger partial charge is 0.406 e. The van der Waals surface area contributed by atoms with Crippen molar-refractivity contribution in [2.75, 3.05) is 0 Å². The molecular formula is C10H6F3NO2. The van der Waals surface area contributed by atoms with Crippen molar-refractivity contribution in [3.8, 4) is 17.1 Å². The molecule has 0 saturated heterocycles. The second-order valence-electron chi connectivity index (χ2n) is 2.95. The highest BCUT2D eigenvalue weighted by Crippen LogP contribution is 2.27. The van der Waals surface area contributed by atoms with Crippen LogP contribution in [0.3, 0.4) is 0 Å². The molecule has 84 valence electrons. The van der Waals surface area contributed by atoms with Gasteiger partial charge in [0.1, 0.15) is 5.75 Å². The molecule has 1 heterocycles. The fourth-order valence-electron chi connectivity index (χ4n) is 1.21. The highest BCUT2D eigenvalue weighted by Gasteiger charge is 2.31. The zero-order chi connectivity index (χ0) is 11.6. The molecule has 0 unspecified atom stereocenters. The van der Waals surface area contributed by atoms with E-state index in [-0.39, 0.29) is 5.75 Å². The molecule has 0 radical (unpaired) electrons. The van der Waals surface area contributed by atoms with Gasteiger partial charge in [0, 0.05) is 11.6 Å². The van der Waals surface area contributed by atoms with Gasteiger partial charge in [0.25, 0.3) is 0 Å². The normalized spacial score (nSPS) is 11.4. The van der Waals surface area contributed by atoms with Gasteiger partial charge < -0.3 is 9.26 Å². The first-order chi connectivity index (χ1) is 7.54. The van der Waals surface area contributed by atoms with Crippen molar-refractivity contribution in [3.63, 3.8) is 0 Å².